The van der Waals surface area contributed by atoms with E-state index in [1.807, 2.05) is 6.92 Å². The molecular weight excluding hydrogens is 168 g/mol. The lowest BCUT2D eigenvalue weighted by atomic mass is 9.97. The van der Waals surface area contributed by atoms with Gasteiger partial charge >= 0.3 is 5.97 Å². The minimum Gasteiger partial charge on any atom is -0.481 e. The van der Waals surface area contributed by atoms with Gasteiger partial charge in [-0.15, -0.1) is 0 Å². The first-order valence-corrected chi connectivity index (χ1v) is 4.36. The summed E-state index contributed by atoms with van der Waals surface area (Å²) >= 11 is 0. The maximum Gasteiger partial charge on any atom is 0.304 e. The molecule has 1 aliphatic rings. The van der Waals surface area contributed by atoms with Gasteiger partial charge in [-0.3, -0.25) is 4.79 Å². The number of rotatable bonds is 3. The summed E-state index contributed by atoms with van der Waals surface area (Å²) in [6, 6.07) is 0. The van der Waals surface area contributed by atoms with Crippen LogP contribution in [0.5, 0.6) is 0 Å². The van der Waals surface area contributed by atoms with E-state index in [2.05, 4.69) is 9.97 Å². The van der Waals surface area contributed by atoms with E-state index in [0.29, 0.717) is 0 Å². The highest BCUT2D eigenvalue weighted by Crippen LogP contribution is 2.50. The zero-order chi connectivity index (χ0) is 9.47. The van der Waals surface area contributed by atoms with Crippen LogP contribution in [0.4, 0.5) is 0 Å². The number of nitrogens with zero attached hydrogens (tertiary/aromatic N) is 1. The highest BCUT2D eigenvalue weighted by molar-refractivity contribution is 5.70. The number of hydrogen-bond donors (Lipinski definition) is 2. The smallest absolute Gasteiger partial charge is 0.304 e. The van der Waals surface area contributed by atoms with Gasteiger partial charge in [-0.1, -0.05) is 0 Å². The number of aromatic amines is 1. The zero-order valence-corrected chi connectivity index (χ0v) is 7.50. The van der Waals surface area contributed by atoms with Crippen LogP contribution in [0.15, 0.2) is 6.33 Å². The molecule has 1 aromatic rings. The van der Waals surface area contributed by atoms with Crippen molar-refractivity contribution in [2.75, 3.05) is 0 Å². The van der Waals surface area contributed by atoms with Crippen LogP contribution in [0.2, 0.25) is 0 Å². The number of hydrogen-bond acceptors (Lipinski definition) is 2. The summed E-state index contributed by atoms with van der Waals surface area (Å²) in [4.78, 5) is 17.8. The molecule has 1 fully saturated rings. The third-order valence-corrected chi connectivity index (χ3v) is 2.68. The maximum absolute atomic E-state index is 10.6. The van der Waals surface area contributed by atoms with Crippen LogP contribution in [0.25, 0.3) is 0 Å². The van der Waals surface area contributed by atoms with Crippen LogP contribution in [0.3, 0.4) is 0 Å². The first kappa shape index (κ1) is 8.29. The monoisotopic (exact) mass is 180 g/mol. The molecule has 1 heterocycles. The number of carboxylic acid groups (broad SMARTS) is 1. The molecule has 4 nitrogen and oxygen atoms in total. The first-order chi connectivity index (χ1) is 6.14. The Morgan fingerprint density at radius 2 is 2.46 bits per heavy atom. The van der Waals surface area contributed by atoms with Gasteiger partial charge < -0.3 is 10.1 Å². The second-order valence-electron chi connectivity index (χ2n) is 3.73. The van der Waals surface area contributed by atoms with E-state index in [0.717, 1.165) is 24.2 Å². The summed E-state index contributed by atoms with van der Waals surface area (Å²) < 4.78 is 0. The average molecular weight is 180 g/mol. The number of imidazole rings is 1. The van der Waals surface area contributed by atoms with Crippen molar-refractivity contribution >= 4 is 5.97 Å². The quantitative estimate of drug-likeness (QED) is 0.735. The summed E-state index contributed by atoms with van der Waals surface area (Å²) in [6.07, 6.45) is 3.74. The number of aryl methyl sites for hydroxylation is 1. The van der Waals surface area contributed by atoms with E-state index in [1.165, 1.54) is 0 Å². The molecule has 2 N–H and O–H groups in total. The zero-order valence-electron chi connectivity index (χ0n) is 7.50. The van der Waals surface area contributed by atoms with Gasteiger partial charge in [0.05, 0.1) is 18.4 Å². The molecule has 1 aromatic heterocycles. The lowest BCUT2D eigenvalue weighted by Gasteiger charge is -2.09. The largest absolute Gasteiger partial charge is 0.481 e. The molecule has 13 heavy (non-hydrogen) atoms. The lowest BCUT2D eigenvalue weighted by Crippen LogP contribution is -2.14. The topological polar surface area (TPSA) is 66.0 Å². The normalized spacial score (nSPS) is 18.5. The van der Waals surface area contributed by atoms with Gasteiger partial charge in [0, 0.05) is 11.1 Å². The van der Waals surface area contributed by atoms with Crippen LogP contribution >= 0.6 is 0 Å². The van der Waals surface area contributed by atoms with Gasteiger partial charge in [-0.25, -0.2) is 4.98 Å². The summed E-state index contributed by atoms with van der Waals surface area (Å²) in [5.74, 6) is -0.736. The van der Waals surface area contributed by atoms with E-state index in [1.54, 1.807) is 6.33 Å². The Hall–Kier alpha value is -1.32. The van der Waals surface area contributed by atoms with Crippen LogP contribution in [-0.4, -0.2) is 21.0 Å². The van der Waals surface area contributed by atoms with Gasteiger partial charge in [0.1, 0.15) is 0 Å². The molecule has 0 unspecified atom stereocenters. The predicted molar refractivity (Wildman–Crippen MR) is 46.5 cm³/mol. The molecule has 4 heteroatoms. The molecule has 2 rings (SSSR count). The van der Waals surface area contributed by atoms with Gasteiger partial charge in [-0.2, -0.15) is 0 Å². The molecular formula is C9H12N2O2. The van der Waals surface area contributed by atoms with Crippen LogP contribution in [0, 0.1) is 6.92 Å². The summed E-state index contributed by atoms with van der Waals surface area (Å²) in [5, 5.41) is 8.74. The second-order valence-corrected chi connectivity index (χ2v) is 3.73. The van der Waals surface area contributed by atoms with Crippen molar-refractivity contribution in [3.63, 3.8) is 0 Å². The fourth-order valence-electron chi connectivity index (χ4n) is 1.83. The number of carbonyl (C=O) groups is 1. The number of carboxylic acids is 1. The molecule has 0 amide bonds. The molecule has 0 spiro atoms. The molecule has 0 saturated heterocycles. The summed E-state index contributed by atoms with van der Waals surface area (Å²) in [7, 11) is 0. The van der Waals surface area contributed by atoms with Crippen molar-refractivity contribution in [2.24, 2.45) is 0 Å². The minimum atomic E-state index is -0.736. The molecule has 0 atom stereocenters. The van der Waals surface area contributed by atoms with Crippen molar-refractivity contribution in [3.8, 4) is 0 Å². The fourth-order valence-corrected chi connectivity index (χ4v) is 1.83. The number of aliphatic carboxylic acids is 1. The Balaban J connectivity index is 2.25. The minimum absolute atomic E-state index is 0.157. The highest BCUT2D eigenvalue weighted by atomic mass is 16.4. The Kier molecular flexibility index (Phi) is 1.65. The molecule has 0 radical (unpaired) electrons. The second kappa shape index (κ2) is 2.58. The first-order valence-electron chi connectivity index (χ1n) is 4.36. The Morgan fingerprint density at radius 3 is 2.85 bits per heavy atom. The van der Waals surface area contributed by atoms with E-state index < -0.39 is 5.97 Å². The molecule has 0 bridgehead atoms. The Bertz CT molecular complexity index is 339. The van der Waals surface area contributed by atoms with Crippen molar-refractivity contribution in [2.45, 2.75) is 31.6 Å². The summed E-state index contributed by atoms with van der Waals surface area (Å²) in [5.41, 5.74) is 1.78. The summed E-state index contributed by atoms with van der Waals surface area (Å²) in [6.45, 7) is 1.93. The van der Waals surface area contributed by atoms with E-state index >= 15 is 0 Å². The van der Waals surface area contributed by atoms with Crippen molar-refractivity contribution in [1.82, 2.24) is 9.97 Å². The highest BCUT2D eigenvalue weighted by Gasteiger charge is 2.48. The van der Waals surface area contributed by atoms with Gasteiger partial charge in [-0.05, 0) is 19.8 Å². The number of aromatic nitrogens is 2. The molecule has 1 saturated carbocycles. The van der Waals surface area contributed by atoms with Crippen molar-refractivity contribution < 1.29 is 9.90 Å². The van der Waals surface area contributed by atoms with E-state index in [9.17, 15) is 4.79 Å². The van der Waals surface area contributed by atoms with E-state index in [-0.39, 0.29) is 11.8 Å². The van der Waals surface area contributed by atoms with Crippen LogP contribution in [0.1, 0.15) is 30.7 Å². The molecule has 0 aromatic carbocycles. The van der Waals surface area contributed by atoms with Crippen LogP contribution in [-0.2, 0) is 10.2 Å². The predicted octanol–water partition coefficient (Wildman–Crippen LogP) is 1.22. The Morgan fingerprint density at radius 1 is 1.77 bits per heavy atom. The molecule has 70 valence electrons. The Labute approximate surface area is 76.0 Å². The average Bonchev–Trinajstić information content (AvgIpc) is 2.65. The van der Waals surface area contributed by atoms with Crippen LogP contribution < -0.4 is 0 Å². The van der Waals surface area contributed by atoms with Crippen molar-refractivity contribution in [1.29, 1.82) is 0 Å². The van der Waals surface area contributed by atoms with Crippen molar-refractivity contribution in [3.05, 3.63) is 17.7 Å². The standard InChI is InChI=1S/C9H12N2O2/c1-6-8(11-5-10-6)9(2-3-9)4-7(12)13/h5H,2-4H2,1H3,(H,10,11)(H,12,13). The van der Waals surface area contributed by atoms with Gasteiger partial charge in [0.15, 0.2) is 0 Å². The van der Waals surface area contributed by atoms with E-state index in [4.69, 9.17) is 5.11 Å². The maximum atomic E-state index is 10.6. The van der Waals surface area contributed by atoms with Gasteiger partial charge in [0.25, 0.3) is 0 Å². The third kappa shape index (κ3) is 1.32. The molecule has 0 aliphatic heterocycles. The number of H-pyrrole nitrogens is 1. The SMILES string of the molecule is Cc1[nH]cnc1C1(CC(=O)O)CC1. The fraction of sp³-hybridized carbons (Fsp3) is 0.556. The molecule has 1 aliphatic carbocycles. The van der Waals surface area contributed by atoms with Gasteiger partial charge in [0.2, 0.25) is 0 Å². The third-order valence-electron chi connectivity index (χ3n) is 2.68. The lowest BCUT2D eigenvalue weighted by molar-refractivity contribution is -0.137. The number of nitrogens with one attached hydrogen (secondary N) is 1.